The van der Waals surface area contributed by atoms with Gasteiger partial charge in [-0.3, -0.25) is 4.79 Å². The lowest BCUT2D eigenvalue weighted by atomic mass is 10.2. The van der Waals surface area contributed by atoms with Crippen LogP contribution in [0.4, 0.5) is 21.7 Å². The van der Waals surface area contributed by atoms with Crippen molar-refractivity contribution in [1.29, 1.82) is 5.26 Å². The van der Waals surface area contributed by atoms with Gasteiger partial charge < -0.3 is 10.6 Å². The molecule has 0 aliphatic carbocycles. The van der Waals surface area contributed by atoms with Gasteiger partial charge in [0.15, 0.2) is 11.6 Å². The molecule has 0 fully saturated rings. The van der Waals surface area contributed by atoms with Crippen molar-refractivity contribution in [2.45, 2.75) is 0 Å². The molecule has 2 aromatic carbocycles. The summed E-state index contributed by atoms with van der Waals surface area (Å²) in [5, 5.41) is 22.1. The van der Waals surface area contributed by atoms with Gasteiger partial charge in [0.25, 0.3) is 5.91 Å². The van der Waals surface area contributed by atoms with E-state index < -0.39 is 11.7 Å². The first kappa shape index (κ1) is 16.1. The quantitative estimate of drug-likeness (QED) is 0.763. The van der Waals surface area contributed by atoms with Crippen LogP contribution in [0.2, 0.25) is 0 Å². The van der Waals surface area contributed by atoms with E-state index in [0.29, 0.717) is 11.4 Å². The highest BCUT2D eigenvalue weighted by Crippen LogP contribution is 2.16. The topological polar surface area (TPSA) is 90.7 Å². The Labute approximate surface area is 143 Å². The van der Waals surface area contributed by atoms with Crippen molar-refractivity contribution in [3.63, 3.8) is 0 Å². The van der Waals surface area contributed by atoms with E-state index in [2.05, 4.69) is 20.8 Å². The SMILES string of the molecule is N#Cc1ccc(Nc2ccc(NC(=O)c3ccccc3F)nn2)cc1. The number of nitrogens with one attached hydrogen (secondary N) is 2. The molecule has 1 amide bonds. The molecule has 0 aliphatic rings. The van der Waals surface area contributed by atoms with Crippen LogP contribution < -0.4 is 10.6 Å². The summed E-state index contributed by atoms with van der Waals surface area (Å²) in [6.45, 7) is 0. The van der Waals surface area contributed by atoms with Crippen LogP contribution in [0.15, 0.2) is 60.7 Å². The lowest BCUT2D eigenvalue weighted by Crippen LogP contribution is -2.15. The molecule has 122 valence electrons. The number of hydrogen-bond donors (Lipinski definition) is 2. The van der Waals surface area contributed by atoms with Crippen LogP contribution in [0.1, 0.15) is 15.9 Å². The van der Waals surface area contributed by atoms with Gasteiger partial charge in [0.05, 0.1) is 17.2 Å². The maximum atomic E-state index is 13.6. The standard InChI is InChI=1S/C18H12FN5O/c19-15-4-2-1-3-14(15)18(25)22-17-10-9-16(23-24-17)21-13-7-5-12(11-20)6-8-13/h1-10H,(H,21,23)(H,22,24,25). The average Bonchev–Trinajstić information content (AvgIpc) is 2.64. The van der Waals surface area contributed by atoms with Crippen LogP contribution in [-0.2, 0) is 0 Å². The van der Waals surface area contributed by atoms with Crippen LogP contribution in [0.3, 0.4) is 0 Å². The zero-order chi connectivity index (χ0) is 17.6. The Balaban J connectivity index is 1.67. The van der Waals surface area contributed by atoms with E-state index in [9.17, 15) is 9.18 Å². The van der Waals surface area contributed by atoms with Crippen molar-refractivity contribution in [3.8, 4) is 6.07 Å². The van der Waals surface area contributed by atoms with Crippen LogP contribution in [0.5, 0.6) is 0 Å². The summed E-state index contributed by atoms with van der Waals surface area (Å²) in [5.41, 5.74) is 1.24. The molecule has 3 aromatic rings. The smallest absolute Gasteiger partial charge is 0.259 e. The zero-order valence-corrected chi connectivity index (χ0v) is 12.9. The number of anilines is 3. The fourth-order valence-corrected chi connectivity index (χ4v) is 2.07. The molecule has 0 bridgehead atoms. The van der Waals surface area contributed by atoms with E-state index >= 15 is 0 Å². The fourth-order valence-electron chi connectivity index (χ4n) is 2.07. The first-order valence-electron chi connectivity index (χ1n) is 7.32. The second-order valence-electron chi connectivity index (χ2n) is 5.05. The van der Waals surface area contributed by atoms with Gasteiger partial charge in [-0.1, -0.05) is 12.1 Å². The van der Waals surface area contributed by atoms with Crippen molar-refractivity contribution < 1.29 is 9.18 Å². The predicted molar refractivity (Wildman–Crippen MR) is 90.8 cm³/mol. The van der Waals surface area contributed by atoms with Gasteiger partial charge in [0.2, 0.25) is 0 Å². The minimum absolute atomic E-state index is 0.0657. The van der Waals surface area contributed by atoms with E-state index in [0.717, 1.165) is 5.69 Å². The van der Waals surface area contributed by atoms with E-state index in [1.165, 1.54) is 18.2 Å². The summed E-state index contributed by atoms with van der Waals surface area (Å²) in [6, 6.07) is 17.8. The van der Waals surface area contributed by atoms with Gasteiger partial charge in [-0.25, -0.2) is 4.39 Å². The molecule has 0 aliphatic heterocycles. The maximum Gasteiger partial charge on any atom is 0.259 e. The van der Waals surface area contributed by atoms with Crippen molar-refractivity contribution in [1.82, 2.24) is 10.2 Å². The third-order valence-electron chi connectivity index (χ3n) is 3.31. The third-order valence-corrected chi connectivity index (χ3v) is 3.31. The summed E-state index contributed by atoms with van der Waals surface area (Å²) in [6.07, 6.45) is 0. The largest absolute Gasteiger partial charge is 0.339 e. The predicted octanol–water partition coefficient (Wildman–Crippen LogP) is 3.48. The number of carbonyl (C=O) groups is 1. The molecule has 1 heterocycles. The Hall–Kier alpha value is -3.79. The van der Waals surface area contributed by atoms with Crippen LogP contribution in [-0.4, -0.2) is 16.1 Å². The molecule has 0 atom stereocenters. The molecule has 7 heteroatoms. The number of nitrogens with zero attached hydrogens (tertiary/aromatic N) is 3. The Bertz CT molecular complexity index is 933. The highest BCUT2D eigenvalue weighted by atomic mass is 19.1. The van der Waals surface area contributed by atoms with Gasteiger partial charge in [0, 0.05) is 5.69 Å². The summed E-state index contributed by atoms with van der Waals surface area (Å²) in [5.74, 6) is -0.528. The molecule has 6 nitrogen and oxygen atoms in total. The monoisotopic (exact) mass is 333 g/mol. The minimum Gasteiger partial charge on any atom is -0.339 e. The van der Waals surface area contributed by atoms with Crippen LogP contribution >= 0.6 is 0 Å². The molecule has 1 aromatic heterocycles. The van der Waals surface area contributed by atoms with Crippen molar-refractivity contribution in [2.24, 2.45) is 0 Å². The molecule has 0 unspecified atom stereocenters. The Kier molecular flexibility index (Phi) is 4.62. The minimum atomic E-state index is -0.605. The Morgan fingerprint density at radius 1 is 0.960 bits per heavy atom. The second-order valence-corrected chi connectivity index (χ2v) is 5.05. The van der Waals surface area contributed by atoms with Gasteiger partial charge in [-0.2, -0.15) is 5.26 Å². The number of carbonyl (C=O) groups excluding carboxylic acids is 1. The van der Waals surface area contributed by atoms with Crippen molar-refractivity contribution in [2.75, 3.05) is 10.6 Å². The third kappa shape index (κ3) is 3.95. The second kappa shape index (κ2) is 7.19. The number of aromatic nitrogens is 2. The maximum absolute atomic E-state index is 13.6. The number of nitriles is 1. The van der Waals surface area contributed by atoms with E-state index in [4.69, 9.17) is 5.26 Å². The Morgan fingerprint density at radius 3 is 2.28 bits per heavy atom. The van der Waals surface area contributed by atoms with E-state index in [1.54, 1.807) is 42.5 Å². The van der Waals surface area contributed by atoms with Crippen molar-refractivity contribution >= 4 is 23.2 Å². The van der Waals surface area contributed by atoms with Gasteiger partial charge in [-0.05, 0) is 48.5 Å². The molecule has 0 spiro atoms. The summed E-state index contributed by atoms with van der Waals surface area (Å²) >= 11 is 0. The van der Waals surface area contributed by atoms with E-state index in [1.807, 2.05) is 6.07 Å². The van der Waals surface area contributed by atoms with E-state index in [-0.39, 0.29) is 11.4 Å². The van der Waals surface area contributed by atoms with Crippen molar-refractivity contribution in [3.05, 3.63) is 77.6 Å². The molecule has 0 saturated carbocycles. The number of hydrogen-bond acceptors (Lipinski definition) is 5. The summed E-state index contributed by atoms with van der Waals surface area (Å²) < 4.78 is 13.6. The number of rotatable bonds is 4. The van der Waals surface area contributed by atoms with Gasteiger partial charge in [-0.15, -0.1) is 10.2 Å². The molecule has 0 radical (unpaired) electrons. The summed E-state index contributed by atoms with van der Waals surface area (Å²) in [4.78, 5) is 12.0. The zero-order valence-electron chi connectivity index (χ0n) is 12.9. The van der Waals surface area contributed by atoms with Gasteiger partial charge >= 0.3 is 0 Å². The van der Waals surface area contributed by atoms with Crippen LogP contribution in [0.25, 0.3) is 0 Å². The van der Waals surface area contributed by atoms with Crippen LogP contribution in [0, 0.1) is 17.1 Å². The average molecular weight is 333 g/mol. The Morgan fingerprint density at radius 2 is 1.64 bits per heavy atom. The molecular weight excluding hydrogens is 321 g/mol. The molecular formula is C18H12FN5O. The first-order valence-corrected chi connectivity index (χ1v) is 7.32. The molecule has 0 saturated heterocycles. The fraction of sp³-hybridized carbons (Fsp3) is 0. The normalized spacial score (nSPS) is 9.92. The first-order chi connectivity index (χ1) is 12.2. The number of amides is 1. The molecule has 25 heavy (non-hydrogen) atoms. The number of halogens is 1. The molecule has 2 N–H and O–H groups in total. The van der Waals surface area contributed by atoms with Gasteiger partial charge in [0.1, 0.15) is 5.82 Å². The highest BCUT2D eigenvalue weighted by Gasteiger charge is 2.11. The molecule has 3 rings (SSSR count). The lowest BCUT2D eigenvalue weighted by Gasteiger charge is -2.07. The lowest BCUT2D eigenvalue weighted by molar-refractivity contribution is 0.102. The highest BCUT2D eigenvalue weighted by molar-refractivity contribution is 6.03. The number of benzene rings is 2. The summed E-state index contributed by atoms with van der Waals surface area (Å²) in [7, 11) is 0.